The molecule has 2 aliphatic carbocycles. The fraction of sp³-hybridized carbons (Fsp3) is 0.625. The van der Waals surface area contributed by atoms with E-state index in [0.717, 1.165) is 36.2 Å². The maximum Gasteiger partial charge on any atom is 0.264 e. The minimum Gasteiger partial charge on any atom is -0.391 e. The van der Waals surface area contributed by atoms with E-state index in [1.807, 2.05) is 13.0 Å². The largest absolute Gasteiger partial charge is 0.391 e. The molecule has 0 aliphatic heterocycles. The van der Waals surface area contributed by atoms with Gasteiger partial charge < -0.3 is 15.3 Å². The number of nitrogens with one attached hydrogen (secondary N) is 1. The summed E-state index contributed by atoms with van der Waals surface area (Å²) in [7, 11) is 1.72. The molecule has 0 radical (unpaired) electrons. The first-order valence-electron chi connectivity index (χ1n) is 7.80. The van der Waals surface area contributed by atoms with Gasteiger partial charge in [0, 0.05) is 19.5 Å². The van der Waals surface area contributed by atoms with Crippen LogP contribution in [0.5, 0.6) is 0 Å². The number of hydrogen-bond acceptors (Lipinski definition) is 4. The summed E-state index contributed by atoms with van der Waals surface area (Å²) in [6.45, 7) is 2.24. The van der Waals surface area contributed by atoms with Gasteiger partial charge in [-0.05, 0) is 50.2 Å². The Kier molecular flexibility index (Phi) is 4.23. The average molecular weight is 322 g/mol. The first-order valence-corrected chi connectivity index (χ1v) is 8.62. The van der Waals surface area contributed by atoms with Crippen LogP contribution in [-0.4, -0.2) is 41.5 Å². The fourth-order valence-electron chi connectivity index (χ4n) is 2.49. The summed E-state index contributed by atoms with van der Waals surface area (Å²) in [5.74, 6) is 0.470. The summed E-state index contributed by atoms with van der Waals surface area (Å²) in [6.07, 6.45) is 3.60. The van der Waals surface area contributed by atoms with Gasteiger partial charge in [-0.25, -0.2) is 0 Å². The van der Waals surface area contributed by atoms with Crippen LogP contribution in [-0.2, 0) is 4.79 Å². The van der Waals surface area contributed by atoms with Crippen LogP contribution in [0.2, 0.25) is 0 Å². The minimum atomic E-state index is -0.428. The summed E-state index contributed by atoms with van der Waals surface area (Å²) in [5, 5.41) is 13.6. The molecule has 120 valence electrons. The number of carbonyl (C=O) groups excluding carboxylic acids is 2. The second-order valence-electron chi connectivity index (χ2n) is 6.48. The van der Waals surface area contributed by atoms with Gasteiger partial charge in [0.2, 0.25) is 5.91 Å². The maximum atomic E-state index is 12.5. The number of aryl methyl sites for hydroxylation is 1. The summed E-state index contributed by atoms with van der Waals surface area (Å²) in [5.41, 5.74) is 0.869. The Hall–Kier alpha value is -1.40. The molecule has 0 spiro atoms. The van der Waals surface area contributed by atoms with Crippen molar-refractivity contribution in [2.75, 3.05) is 18.9 Å². The van der Waals surface area contributed by atoms with Crippen LogP contribution in [0.15, 0.2) is 6.07 Å². The highest BCUT2D eigenvalue weighted by Crippen LogP contribution is 2.34. The molecule has 1 aromatic heterocycles. The van der Waals surface area contributed by atoms with Gasteiger partial charge in [0.15, 0.2) is 0 Å². The molecule has 2 aliphatic rings. The van der Waals surface area contributed by atoms with Gasteiger partial charge in [-0.15, -0.1) is 11.3 Å². The summed E-state index contributed by atoms with van der Waals surface area (Å²) < 4.78 is 0. The molecule has 2 N–H and O–H groups in total. The Bertz CT molecular complexity index is 590. The van der Waals surface area contributed by atoms with E-state index in [0.29, 0.717) is 17.3 Å². The van der Waals surface area contributed by atoms with Crippen LogP contribution in [0.3, 0.4) is 0 Å². The molecule has 1 aromatic rings. The van der Waals surface area contributed by atoms with Crippen molar-refractivity contribution >= 4 is 28.2 Å². The van der Waals surface area contributed by atoms with Crippen LogP contribution >= 0.6 is 11.3 Å². The first-order chi connectivity index (χ1) is 10.5. The number of thiophene rings is 1. The zero-order valence-corrected chi connectivity index (χ0v) is 13.8. The van der Waals surface area contributed by atoms with E-state index in [1.54, 1.807) is 11.9 Å². The number of aliphatic hydroxyl groups excluding tert-OH is 1. The molecule has 3 rings (SSSR count). The number of amides is 2. The monoisotopic (exact) mass is 322 g/mol. The van der Waals surface area contributed by atoms with Crippen molar-refractivity contribution in [1.29, 1.82) is 0 Å². The Balaban J connectivity index is 1.63. The lowest BCUT2D eigenvalue weighted by Crippen LogP contribution is -2.35. The highest BCUT2D eigenvalue weighted by Gasteiger charge is 2.32. The van der Waals surface area contributed by atoms with E-state index < -0.39 is 6.10 Å². The molecule has 1 unspecified atom stereocenters. The van der Waals surface area contributed by atoms with Gasteiger partial charge in [0.25, 0.3) is 5.91 Å². The Morgan fingerprint density at radius 3 is 2.68 bits per heavy atom. The van der Waals surface area contributed by atoms with Crippen molar-refractivity contribution in [2.45, 2.75) is 38.7 Å². The lowest BCUT2D eigenvalue weighted by atomic mass is 10.2. The number of anilines is 1. The molecule has 22 heavy (non-hydrogen) atoms. The predicted molar refractivity (Wildman–Crippen MR) is 86.1 cm³/mol. The van der Waals surface area contributed by atoms with Gasteiger partial charge in [-0.1, -0.05) is 0 Å². The van der Waals surface area contributed by atoms with E-state index in [-0.39, 0.29) is 17.7 Å². The van der Waals surface area contributed by atoms with E-state index in [4.69, 9.17) is 0 Å². The number of hydrogen-bond donors (Lipinski definition) is 2. The van der Waals surface area contributed by atoms with E-state index in [2.05, 4.69) is 5.32 Å². The van der Waals surface area contributed by atoms with Crippen LogP contribution < -0.4 is 5.32 Å². The second-order valence-corrected chi connectivity index (χ2v) is 7.53. The SMILES string of the molecule is Cc1cc(NC(=O)C2CC2)sc1C(=O)N(C)CC(O)C1CC1. The molecular weight excluding hydrogens is 300 g/mol. The molecule has 2 fully saturated rings. The number of carbonyl (C=O) groups is 2. The standard InChI is InChI=1S/C16H22N2O3S/c1-9-7-13(17-15(20)11-5-6-11)22-14(9)16(21)18(2)8-12(19)10-3-4-10/h7,10-12,19H,3-6,8H2,1-2H3,(H,17,20). The molecular formula is C16H22N2O3S. The second kappa shape index (κ2) is 6.01. The topological polar surface area (TPSA) is 69.6 Å². The highest BCUT2D eigenvalue weighted by atomic mass is 32.1. The van der Waals surface area contributed by atoms with Crippen molar-refractivity contribution in [3.8, 4) is 0 Å². The summed E-state index contributed by atoms with van der Waals surface area (Å²) >= 11 is 1.32. The third-order valence-electron chi connectivity index (χ3n) is 4.28. The quantitative estimate of drug-likeness (QED) is 0.844. The molecule has 1 heterocycles. The lowest BCUT2D eigenvalue weighted by Gasteiger charge is -2.20. The molecule has 0 bridgehead atoms. The van der Waals surface area contributed by atoms with Crippen LogP contribution in [0.4, 0.5) is 5.00 Å². The molecule has 6 heteroatoms. The predicted octanol–water partition coefficient (Wildman–Crippen LogP) is 2.25. The number of nitrogens with zero attached hydrogens (tertiary/aromatic N) is 1. The fourth-order valence-corrected chi connectivity index (χ4v) is 3.56. The number of rotatable bonds is 6. The maximum absolute atomic E-state index is 12.5. The van der Waals surface area contributed by atoms with Gasteiger partial charge in [-0.3, -0.25) is 9.59 Å². The van der Waals surface area contributed by atoms with Crippen molar-refractivity contribution in [3.05, 3.63) is 16.5 Å². The van der Waals surface area contributed by atoms with Gasteiger partial charge >= 0.3 is 0 Å². The summed E-state index contributed by atoms with van der Waals surface area (Å²) in [4.78, 5) is 26.5. The molecule has 2 saturated carbocycles. The third kappa shape index (κ3) is 3.50. The number of aliphatic hydroxyl groups is 1. The van der Waals surface area contributed by atoms with Crippen molar-refractivity contribution in [3.63, 3.8) is 0 Å². The molecule has 0 aromatic carbocycles. The van der Waals surface area contributed by atoms with E-state index in [1.165, 1.54) is 11.3 Å². The zero-order valence-electron chi connectivity index (χ0n) is 13.0. The van der Waals surface area contributed by atoms with Gasteiger partial charge in [0.1, 0.15) is 0 Å². The summed E-state index contributed by atoms with van der Waals surface area (Å²) in [6, 6.07) is 1.85. The normalized spacial score (nSPS) is 18.9. The third-order valence-corrected chi connectivity index (χ3v) is 5.42. The van der Waals surface area contributed by atoms with Crippen molar-refractivity contribution in [1.82, 2.24) is 4.90 Å². The zero-order chi connectivity index (χ0) is 15.9. The van der Waals surface area contributed by atoms with Gasteiger partial charge in [-0.2, -0.15) is 0 Å². The smallest absolute Gasteiger partial charge is 0.264 e. The highest BCUT2D eigenvalue weighted by molar-refractivity contribution is 7.18. The molecule has 1 atom stereocenters. The Labute approximate surface area is 134 Å². The van der Waals surface area contributed by atoms with Crippen molar-refractivity contribution in [2.24, 2.45) is 11.8 Å². The minimum absolute atomic E-state index is 0.0535. The average Bonchev–Trinajstić information content (AvgIpc) is 3.36. The van der Waals surface area contributed by atoms with E-state index >= 15 is 0 Å². The van der Waals surface area contributed by atoms with Crippen LogP contribution in [0.1, 0.15) is 40.9 Å². The molecule has 2 amide bonds. The van der Waals surface area contributed by atoms with Crippen LogP contribution in [0.25, 0.3) is 0 Å². The Morgan fingerprint density at radius 2 is 2.09 bits per heavy atom. The van der Waals surface area contributed by atoms with E-state index in [9.17, 15) is 14.7 Å². The van der Waals surface area contributed by atoms with Crippen molar-refractivity contribution < 1.29 is 14.7 Å². The van der Waals surface area contributed by atoms with Crippen LogP contribution in [0, 0.1) is 18.8 Å². The first kappa shape index (κ1) is 15.5. The van der Waals surface area contributed by atoms with Gasteiger partial charge in [0.05, 0.1) is 16.0 Å². The Morgan fingerprint density at radius 1 is 1.41 bits per heavy atom. The lowest BCUT2D eigenvalue weighted by molar-refractivity contribution is -0.117. The molecule has 0 saturated heterocycles. The molecule has 5 nitrogen and oxygen atoms in total. The number of likely N-dealkylation sites (N-methyl/N-ethyl adjacent to an activating group) is 1.